The third-order valence-electron chi connectivity index (χ3n) is 4.13. The predicted molar refractivity (Wildman–Crippen MR) is 71.0 cm³/mol. The van der Waals surface area contributed by atoms with Gasteiger partial charge in [0.15, 0.2) is 0 Å². The minimum absolute atomic E-state index is 0.434. The molecule has 2 aliphatic heterocycles. The number of rotatable bonds is 2. The maximum atomic E-state index is 5.64. The van der Waals surface area contributed by atoms with Crippen molar-refractivity contribution in [2.24, 2.45) is 5.92 Å². The van der Waals surface area contributed by atoms with Gasteiger partial charge in [0.2, 0.25) is 0 Å². The number of hydrogen-bond donors (Lipinski definition) is 1. The molecule has 1 aromatic rings. The fraction of sp³-hybridized carbons (Fsp3) is 0.600. The summed E-state index contributed by atoms with van der Waals surface area (Å²) in [5.41, 5.74) is 2.80. The highest BCUT2D eigenvalue weighted by molar-refractivity contribution is 5.43. The standard InChI is InChI=1S/C15H21NO2/c1-17-14-6-2-5-13-12(14)7-8-16-15(13)11-4-3-9-18-10-11/h2,5-6,11,15-16H,3-4,7-10H2,1H3. The van der Waals surface area contributed by atoms with Gasteiger partial charge in [-0.2, -0.15) is 0 Å². The molecule has 0 radical (unpaired) electrons. The van der Waals surface area contributed by atoms with Crippen LogP contribution in [0.5, 0.6) is 5.75 Å². The van der Waals surface area contributed by atoms with E-state index in [2.05, 4.69) is 23.5 Å². The zero-order valence-corrected chi connectivity index (χ0v) is 10.9. The molecule has 0 saturated carbocycles. The van der Waals surface area contributed by atoms with Crippen molar-refractivity contribution >= 4 is 0 Å². The second-order valence-electron chi connectivity index (χ2n) is 5.19. The number of ether oxygens (including phenoxy) is 2. The Hall–Kier alpha value is -1.06. The Morgan fingerprint density at radius 3 is 3.11 bits per heavy atom. The second-order valence-corrected chi connectivity index (χ2v) is 5.19. The van der Waals surface area contributed by atoms with Crippen LogP contribution in [0.3, 0.4) is 0 Å². The van der Waals surface area contributed by atoms with Gasteiger partial charge in [-0.3, -0.25) is 0 Å². The molecule has 0 aliphatic carbocycles. The normalized spacial score (nSPS) is 27.6. The summed E-state index contributed by atoms with van der Waals surface area (Å²) in [7, 11) is 1.76. The zero-order chi connectivity index (χ0) is 12.4. The van der Waals surface area contributed by atoms with Crippen LogP contribution < -0.4 is 10.1 Å². The van der Waals surface area contributed by atoms with Gasteiger partial charge < -0.3 is 14.8 Å². The van der Waals surface area contributed by atoms with Crippen LogP contribution in [0.1, 0.15) is 30.0 Å². The average molecular weight is 247 g/mol. The molecule has 98 valence electrons. The summed E-state index contributed by atoms with van der Waals surface area (Å²) in [4.78, 5) is 0. The average Bonchev–Trinajstić information content (AvgIpc) is 2.47. The summed E-state index contributed by atoms with van der Waals surface area (Å²) in [6.07, 6.45) is 3.50. The smallest absolute Gasteiger partial charge is 0.122 e. The van der Waals surface area contributed by atoms with E-state index in [0.29, 0.717) is 12.0 Å². The van der Waals surface area contributed by atoms with Crippen LogP contribution in [0, 0.1) is 5.92 Å². The molecule has 3 rings (SSSR count). The molecule has 2 atom stereocenters. The van der Waals surface area contributed by atoms with Crippen molar-refractivity contribution in [2.45, 2.75) is 25.3 Å². The van der Waals surface area contributed by atoms with E-state index < -0.39 is 0 Å². The molecule has 0 amide bonds. The molecule has 1 N–H and O–H groups in total. The Labute approximate surface area is 108 Å². The Balaban J connectivity index is 1.91. The van der Waals surface area contributed by atoms with Gasteiger partial charge in [-0.05, 0) is 37.4 Å². The van der Waals surface area contributed by atoms with Crippen molar-refractivity contribution in [1.29, 1.82) is 0 Å². The number of hydrogen-bond acceptors (Lipinski definition) is 3. The van der Waals surface area contributed by atoms with Gasteiger partial charge in [0.1, 0.15) is 5.75 Å². The Morgan fingerprint density at radius 1 is 1.39 bits per heavy atom. The Morgan fingerprint density at radius 2 is 2.33 bits per heavy atom. The molecule has 3 nitrogen and oxygen atoms in total. The van der Waals surface area contributed by atoms with Crippen LogP contribution >= 0.6 is 0 Å². The minimum Gasteiger partial charge on any atom is -0.496 e. The summed E-state index contributed by atoms with van der Waals surface area (Å²) in [6, 6.07) is 6.84. The maximum Gasteiger partial charge on any atom is 0.122 e. The molecule has 1 aromatic carbocycles. The number of fused-ring (bicyclic) bond motifs is 1. The molecule has 3 heteroatoms. The molecular weight excluding hydrogens is 226 g/mol. The van der Waals surface area contributed by atoms with Crippen molar-refractivity contribution in [1.82, 2.24) is 5.32 Å². The predicted octanol–water partition coefficient (Wildman–Crippen LogP) is 2.31. The topological polar surface area (TPSA) is 30.5 Å². The largest absolute Gasteiger partial charge is 0.496 e. The van der Waals surface area contributed by atoms with Gasteiger partial charge in [-0.25, -0.2) is 0 Å². The highest BCUT2D eigenvalue weighted by Gasteiger charge is 2.30. The van der Waals surface area contributed by atoms with Crippen LogP contribution in [0.25, 0.3) is 0 Å². The van der Waals surface area contributed by atoms with Gasteiger partial charge in [0.25, 0.3) is 0 Å². The van der Waals surface area contributed by atoms with Crippen LogP contribution in [0.4, 0.5) is 0 Å². The van der Waals surface area contributed by atoms with Gasteiger partial charge >= 0.3 is 0 Å². The first-order chi connectivity index (χ1) is 8.90. The van der Waals surface area contributed by atoms with E-state index in [0.717, 1.165) is 31.9 Å². The van der Waals surface area contributed by atoms with Crippen molar-refractivity contribution < 1.29 is 9.47 Å². The van der Waals surface area contributed by atoms with Crippen LogP contribution in [0.2, 0.25) is 0 Å². The lowest BCUT2D eigenvalue weighted by Crippen LogP contribution is -2.38. The first kappa shape index (κ1) is 12.0. The minimum atomic E-state index is 0.434. The van der Waals surface area contributed by atoms with E-state index in [1.807, 2.05) is 0 Å². The fourth-order valence-electron chi connectivity index (χ4n) is 3.24. The first-order valence-electron chi connectivity index (χ1n) is 6.87. The molecule has 0 aromatic heterocycles. The quantitative estimate of drug-likeness (QED) is 0.870. The number of nitrogens with one attached hydrogen (secondary N) is 1. The van der Waals surface area contributed by atoms with Gasteiger partial charge in [-0.15, -0.1) is 0 Å². The lowest BCUT2D eigenvalue weighted by atomic mass is 9.83. The van der Waals surface area contributed by atoms with E-state index in [9.17, 15) is 0 Å². The maximum absolute atomic E-state index is 5.64. The number of benzene rings is 1. The monoisotopic (exact) mass is 247 g/mol. The molecule has 0 bridgehead atoms. The summed E-state index contributed by atoms with van der Waals surface area (Å²) in [6.45, 7) is 2.84. The van der Waals surface area contributed by atoms with E-state index in [1.165, 1.54) is 24.0 Å². The molecule has 1 fully saturated rings. The van der Waals surface area contributed by atoms with E-state index in [-0.39, 0.29) is 0 Å². The second kappa shape index (κ2) is 5.29. The van der Waals surface area contributed by atoms with E-state index in [1.54, 1.807) is 7.11 Å². The van der Waals surface area contributed by atoms with Crippen molar-refractivity contribution in [2.75, 3.05) is 26.9 Å². The van der Waals surface area contributed by atoms with Crippen molar-refractivity contribution in [3.05, 3.63) is 29.3 Å². The summed E-state index contributed by atoms with van der Waals surface area (Å²) < 4.78 is 11.1. The highest BCUT2D eigenvalue weighted by atomic mass is 16.5. The molecule has 0 spiro atoms. The Kier molecular flexibility index (Phi) is 3.52. The molecule has 1 saturated heterocycles. The summed E-state index contributed by atoms with van der Waals surface area (Å²) >= 11 is 0. The third-order valence-corrected chi connectivity index (χ3v) is 4.13. The van der Waals surface area contributed by atoms with Crippen molar-refractivity contribution in [3.63, 3.8) is 0 Å². The highest BCUT2D eigenvalue weighted by Crippen LogP contribution is 2.36. The van der Waals surface area contributed by atoms with E-state index in [4.69, 9.17) is 9.47 Å². The lowest BCUT2D eigenvalue weighted by molar-refractivity contribution is 0.0380. The summed E-state index contributed by atoms with van der Waals surface area (Å²) in [5.74, 6) is 1.64. The summed E-state index contributed by atoms with van der Waals surface area (Å²) in [5, 5.41) is 3.66. The van der Waals surface area contributed by atoms with Gasteiger partial charge in [0, 0.05) is 24.1 Å². The molecular formula is C15H21NO2. The third kappa shape index (κ3) is 2.13. The van der Waals surface area contributed by atoms with Crippen LogP contribution in [-0.4, -0.2) is 26.9 Å². The molecule has 2 aliphatic rings. The van der Waals surface area contributed by atoms with Crippen LogP contribution in [-0.2, 0) is 11.2 Å². The SMILES string of the molecule is COc1cccc2c1CCNC2C1CCCOC1. The molecule has 2 heterocycles. The molecule has 18 heavy (non-hydrogen) atoms. The fourth-order valence-corrected chi connectivity index (χ4v) is 3.24. The van der Waals surface area contributed by atoms with Crippen molar-refractivity contribution in [3.8, 4) is 5.75 Å². The Bertz CT molecular complexity index is 413. The zero-order valence-electron chi connectivity index (χ0n) is 10.9. The molecule has 2 unspecified atom stereocenters. The van der Waals surface area contributed by atoms with Crippen LogP contribution in [0.15, 0.2) is 18.2 Å². The van der Waals surface area contributed by atoms with Gasteiger partial charge in [0.05, 0.1) is 13.7 Å². The lowest BCUT2D eigenvalue weighted by Gasteiger charge is -2.35. The van der Waals surface area contributed by atoms with Gasteiger partial charge in [-0.1, -0.05) is 12.1 Å². The number of methoxy groups -OCH3 is 1. The first-order valence-corrected chi connectivity index (χ1v) is 6.87. The van der Waals surface area contributed by atoms with E-state index >= 15 is 0 Å².